The van der Waals surface area contributed by atoms with Crippen molar-refractivity contribution in [3.63, 3.8) is 0 Å². The van der Waals surface area contributed by atoms with E-state index >= 15 is 0 Å². The third kappa shape index (κ3) is 2.19. The van der Waals surface area contributed by atoms with Gasteiger partial charge in [0.05, 0.1) is 27.8 Å². The second kappa shape index (κ2) is 5.13. The zero-order valence-corrected chi connectivity index (χ0v) is 14.3. The van der Waals surface area contributed by atoms with Crippen LogP contribution in [0.2, 0.25) is 0 Å². The molecule has 1 heterocycles. The lowest BCUT2D eigenvalue weighted by atomic mass is 9.76. The van der Waals surface area contributed by atoms with Gasteiger partial charge in [-0.25, -0.2) is 13.2 Å². The van der Waals surface area contributed by atoms with Crippen molar-refractivity contribution in [1.82, 2.24) is 0 Å². The molecule has 0 atom stereocenters. The lowest BCUT2D eigenvalue weighted by molar-refractivity contribution is -0.303. The lowest BCUT2D eigenvalue weighted by Gasteiger charge is -2.32. The summed E-state index contributed by atoms with van der Waals surface area (Å²) in [5, 5.41) is 0. The van der Waals surface area contributed by atoms with Gasteiger partial charge in [0.15, 0.2) is 11.6 Å². The molecule has 0 bridgehead atoms. The molecular weight excluding hydrogens is 394 g/mol. The summed E-state index contributed by atoms with van der Waals surface area (Å²) in [6.45, 7) is 5.62. The van der Waals surface area contributed by atoms with Gasteiger partial charge in [-0.05, 0) is 27.7 Å². The second-order valence-electron chi connectivity index (χ2n) is 7.42. The molecule has 0 unspecified atom stereocenters. The Bertz CT molecular complexity index is 819. The molecule has 27 heavy (non-hydrogen) atoms. The minimum Gasteiger partial charge on any atom is -0.399 e. The number of hydrogen-bond donors (Lipinski definition) is 0. The number of alkyl halides is 6. The molecule has 2 nitrogen and oxygen atoms in total. The molecule has 1 aromatic rings. The van der Waals surface area contributed by atoms with E-state index in [2.05, 4.69) is 0 Å². The van der Waals surface area contributed by atoms with E-state index in [0.29, 0.717) is 0 Å². The summed E-state index contributed by atoms with van der Waals surface area (Å²) >= 11 is 0. The van der Waals surface area contributed by atoms with Gasteiger partial charge >= 0.3 is 24.9 Å². The summed E-state index contributed by atoms with van der Waals surface area (Å²) in [7, 11) is -2.12. The first-order valence-corrected chi connectivity index (χ1v) is 7.62. The van der Waals surface area contributed by atoms with E-state index in [4.69, 9.17) is 9.31 Å². The van der Waals surface area contributed by atoms with Crippen molar-refractivity contribution in [2.45, 2.75) is 56.7 Å². The van der Waals surface area contributed by atoms with Crippen molar-refractivity contribution in [1.29, 1.82) is 0 Å². The number of hydrogen-bond acceptors (Lipinski definition) is 2. The van der Waals surface area contributed by atoms with E-state index < -0.39 is 70.1 Å². The number of fused-ring (bicyclic) bond motifs is 1. The van der Waals surface area contributed by atoms with Gasteiger partial charge in [-0.15, -0.1) is 0 Å². The first-order chi connectivity index (χ1) is 11.9. The van der Waals surface area contributed by atoms with Gasteiger partial charge < -0.3 is 9.31 Å². The van der Waals surface area contributed by atoms with Crippen molar-refractivity contribution >= 4 is 12.6 Å². The van der Waals surface area contributed by atoms with E-state index in [0.717, 1.165) is 0 Å². The molecule has 2 aliphatic rings. The summed E-state index contributed by atoms with van der Waals surface area (Å²) in [4.78, 5) is 0. The van der Waals surface area contributed by atoms with Gasteiger partial charge in [-0.3, -0.25) is 0 Å². The van der Waals surface area contributed by atoms with E-state index in [1.54, 1.807) is 0 Å². The zero-order chi connectivity index (χ0) is 21.0. The van der Waals surface area contributed by atoms with Crippen molar-refractivity contribution in [3.05, 3.63) is 28.6 Å². The van der Waals surface area contributed by atoms with Gasteiger partial charge in [0.2, 0.25) is 0 Å². The molecule has 0 saturated carbocycles. The Labute approximate surface area is 147 Å². The van der Waals surface area contributed by atoms with Crippen LogP contribution in [0.5, 0.6) is 0 Å². The quantitative estimate of drug-likeness (QED) is 0.395. The van der Waals surface area contributed by atoms with Crippen LogP contribution in [0.4, 0.5) is 39.5 Å². The molecule has 1 fully saturated rings. The third-order valence-corrected chi connectivity index (χ3v) is 5.26. The molecule has 1 saturated heterocycles. The lowest BCUT2D eigenvalue weighted by Crippen LogP contribution is -2.44. The monoisotopic (exact) mass is 406 g/mol. The number of rotatable bonds is 1. The molecule has 0 amide bonds. The van der Waals surface area contributed by atoms with E-state index in [1.807, 2.05) is 0 Å². The summed E-state index contributed by atoms with van der Waals surface area (Å²) in [6.07, 6.45) is 0. The maximum atomic E-state index is 14.6. The Hall–Kier alpha value is -1.43. The minimum atomic E-state index is -6.16. The SMILES string of the molecule is CC1(C)OB(c2c(F)c(F)c3c(c2F)C(F)(F)C(F)(F)C3(F)F)OC1(C)C. The molecule has 0 radical (unpaired) electrons. The molecule has 0 N–H and O–H groups in total. The predicted molar refractivity (Wildman–Crippen MR) is 74.8 cm³/mol. The summed E-state index contributed by atoms with van der Waals surface area (Å²) < 4.78 is 136. The molecular formula is C15H12BF9O2. The van der Waals surface area contributed by atoms with E-state index in [1.165, 1.54) is 27.7 Å². The van der Waals surface area contributed by atoms with Crippen LogP contribution >= 0.6 is 0 Å². The topological polar surface area (TPSA) is 18.5 Å². The van der Waals surface area contributed by atoms with E-state index in [-0.39, 0.29) is 0 Å². The zero-order valence-electron chi connectivity index (χ0n) is 14.3. The highest BCUT2D eigenvalue weighted by Crippen LogP contribution is 2.64. The van der Waals surface area contributed by atoms with Gasteiger partial charge in [0.25, 0.3) is 0 Å². The van der Waals surface area contributed by atoms with Crippen LogP contribution in [-0.4, -0.2) is 24.2 Å². The first kappa shape index (κ1) is 20.3. The van der Waals surface area contributed by atoms with Gasteiger partial charge in [-0.2, -0.15) is 26.3 Å². The molecule has 1 aliphatic heterocycles. The molecule has 150 valence electrons. The first-order valence-electron chi connectivity index (χ1n) is 7.62. The summed E-state index contributed by atoms with van der Waals surface area (Å²) in [6, 6.07) is 0. The van der Waals surface area contributed by atoms with Crippen LogP contribution < -0.4 is 5.46 Å². The smallest absolute Gasteiger partial charge is 0.399 e. The van der Waals surface area contributed by atoms with Crippen molar-refractivity contribution in [3.8, 4) is 0 Å². The molecule has 12 heteroatoms. The fraction of sp³-hybridized carbons (Fsp3) is 0.600. The van der Waals surface area contributed by atoms with Crippen LogP contribution in [0.25, 0.3) is 0 Å². The Balaban J connectivity index is 2.31. The fourth-order valence-corrected chi connectivity index (χ4v) is 2.95. The molecule has 1 aromatic carbocycles. The Kier molecular flexibility index (Phi) is 3.86. The predicted octanol–water partition coefficient (Wildman–Crippen LogP) is 4.24. The third-order valence-electron chi connectivity index (χ3n) is 5.26. The van der Waals surface area contributed by atoms with E-state index in [9.17, 15) is 39.5 Å². The standard InChI is InChI=1S/C15H12BF9O2/c1-11(2)12(3,4)27-16(26-11)7-8(17)5-6(9(18)10(7)19)14(22,23)15(24,25)13(5,20)21/h1-4H3. The maximum Gasteiger partial charge on any atom is 0.501 e. The van der Waals surface area contributed by atoms with Gasteiger partial charge in [-0.1, -0.05) is 0 Å². The molecule has 0 aromatic heterocycles. The number of halogens is 9. The number of benzene rings is 1. The van der Waals surface area contributed by atoms with Crippen molar-refractivity contribution in [2.24, 2.45) is 0 Å². The Morgan fingerprint density at radius 1 is 0.630 bits per heavy atom. The van der Waals surface area contributed by atoms with Crippen LogP contribution in [0.3, 0.4) is 0 Å². The maximum absolute atomic E-state index is 14.6. The highest BCUT2D eigenvalue weighted by Gasteiger charge is 2.81. The molecule has 1 aliphatic carbocycles. The van der Waals surface area contributed by atoms with Gasteiger partial charge in [0, 0.05) is 0 Å². The fourth-order valence-electron chi connectivity index (χ4n) is 2.95. The van der Waals surface area contributed by atoms with Crippen LogP contribution in [0.15, 0.2) is 0 Å². The highest BCUT2D eigenvalue weighted by atomic mass is 19.3. The Morgan fingerprint density at radius 2 is 1.00 bits per heavy atom. The minimum absolute atomic E-state index is 1.26. The van der Waals surface area contributed by atoms with Crippen molar-refractivity contribution in [2.75, 3.05) is 0 Å². The summed E-state index contributed by atoms with van der Waals surface area (Å²) in [5.41, 5.74) is -9.46. The average Bonchev–Trinajstić information content (AvgIpc) is 2.75. The normalized spacial score (nSPS) is 26.3. The summed E-state index contributed by atoms with van der Waals surface area (Å²) in [5.74, 6) is -25.3. The van der Waals surface area contributed by atoms with Crippen LogP contribution in [0, 0.1) is 17.5 Å². The Morgan fingerprint density at radius 3 is 1.41 bits per heavy atom. The van der Waals surface area contributed by atoms with Crippen molar-refractivity contribution < 1.29 is 48.8 Å². The average molecular weight is 406 g/mol. The highest BCUT2D eigenvalue weighted by molar-refractivity contribution is 6.62. The van der Waals surface area contributed by atoms with Crippen LogP contribution in [0.1, 0.15) is 38.8 Å². The second-order valence-corrected chi connectivity index (χ2v) is 7.42. The largest absolute Gasteiger partial charge is 0.501 e. The molecule has 3 rings (SSSR count). The molecule has 0 spiro atoms. The van der Waals surface area contributed by atoms with Gasteiger partial charge in [0.1, 0.15) is 5.82 Å². The van der Waals surface area contributed by atoms with Crippen LogP contribution in [-0.2, 0) is 21.2 Å².